The SMILES string of the molecule is CC(C)[C@H](CO)NCc1nc(-c2cc(F)ccc2F)ccc1F. The van der Waals surface area contributed by atoms with Gasteiger partial charge in [-0.15, -0.1) is 0 Å². The van der Waals surface area contributed by atoms with Crippen LogP contribution in [0.15, 0.2) is 30.3 Å². The molecule has 0 bridgehead atoms. The standard InChI is InChI=1S/C17H19F3N2O/c1-10(2)17(9-23)21-8-16-14(20)5-6-15(22-16)12-7-11(18)3-4-13(12)19/h3-7,10,17,21,23H,8-9H2,1-2H3/t17-/m0/s1. The molecule has 1 heterocycles. The van der Waals surface area contributed by atoms with Gasteiger partial charge in [0.25, 0.3) is 0 Å². The van der Waals surface area contributed by atoms with E-state index < -0.39 is 17.5 Å². The Bertz CT molecular complexity index is 677. The number of pyridine rings is 1. The summed E-state index contributed by atoms with van der Waals surface area (Å²) < 4.78 is 41.0. The lowest BCUT2D eigenvalue weighted by Gasteiger charge is -2.20. The maximum Gasteiger partial charge on any atom is 0.146 e. The number of benzene rings is 1. The monoisotopic (exact) mass is 324 g/mol. The van der Waals surface area contributed by atoms with Crippen LogP contribution >= 0.6 is 0 Å². The molecule has 0 aliphatic heterocycles. The second-order valence-corrected chi connectivity index (χ2v) is 5.66. The molecule has 0 saturated carbocycles. The molecule has 0 radical (unpaired) electrons. The first-order chi connectivity index (χ1) is 10.9. The van der Waals surface area contributed by atoms with Crippen molar-refractivity contribution in [3.8, 4) is 11.3 Å². The van der Waals surface area contributed by atoms with E-state index in [2.05, 4.69) is 10.3 Å². The molecule has 0 aliphatic carbocycles. The van der Waals surface area contributed by atoms with Crippen molar-refractivity contribution in [2.24, 2.45) is 5.92 Å². The highest BCUT2D eigenvalue weighted by Crippen LogP contribution is 2.23. The molecule has 1 aromatic carbocycles. The molecule has 3 nitrogen and oxygen atoms in total. The second kappa shape index (κ2) is 7.57. The molecule has 0 saturated heterocycles. The van der Waals surface area contributed by atoms with Crippen LogP contribution in [-0.2, 0) is 6.54 Å². The highest BCUT2D eigenvalue weighted by Gasteiger charge is 2.15. The van der Waals surface area contributed by atoms with Crippen molar-refractivity contribution in [3.63, 3.8) is 0 Å². The molecule has 0 amide bonds. The lowest BCUT2D eigenvalue weighted by atomic mass is 10.1. The zero-order valence-electron chi connectivity index (χ0n) is 13.0. The maximum absolute atomic E-state index is 13.9. The number of hydrogen-bond acceptors (Lipinski definition) is 3. The van der Waals surface area contributed by atoms with Gasteiger partial charge in [-0.25, -0.2) is 18.2 Å². The van der Waals surface area contributed by atoms with Gasteiger partial charge >= 0.3 is 0 Å². The lowest BCUT2D eigenvalue weighted by Crippen LogP contribution is -2.37. The fourth-order valence-corrected chi connectivity index (χ4v) is 2.19. The number of rotatable bonds is 6. The summed E-state index contributed by atoms with van der Waals surface area (Å²) in [7, 11) is 0. The van der Waals surface area contributed by atoms with E-state index >= 15 is 0 Å². The van der Waals surface area contributed by atoms with Crippen LogP contribution in [0.4, 0.5) is 13.2 Å². The quantitative estimate of drug-likeness (QED) is 0.857. The van der Waals surface area contributed by atoms with Gasteiger partial charge in [-0.3, -0.25) is 0 Å². The Labute approximate surface area is 133 Å². The molecule has 0 fully saturated rings. The summed E-state index contributed by atoms with van der Waals surface area (Å²) in [5, 5.41) is 12.3. The zero-order chi connectivity index (χ0) is 17.0. The molecule has 0 unspecified atom stereocenters. The van der Waals surface area contributed by atoms with Crippen LogP contribution in [0, 0.1) is 23.4 Å². The molecular weight excluding hydrogens is 305 g/mol. The van der Waals surface area contributed by atoms with E-state index in [1.165, 1.54) is 12.1 Å². The van der Waals surface area contributed by atoms with Crippen LogP contribution in [0.2, 0.25) is 0 Å². The van der Waals surface area contributed by atoms with Gasteiger partial charge < -0.3 is 10.4 Å². The summed E-state index contributed by atoms with van der Waals surface area (Å²) in [4.78, 5) is 4.08. The van der Waals surface area contributed by atoms with E-state index in [0.717, 1.165) is 18.2 Å². The molecule has 2 rings (SSSR count). The number of aromatic nitrogens is 1. The van der Waals surface area contributed by atoms with E-state index in [4.69, 9.17) is 0 Å². The Morgan fingerprint density at radius 1 is 1.09 bits per heavy atom. The Balaban J connectivity index is 2.27. The van der Waals surface area contributed by atoms with E-state index in [-0.39, 0.29) is 42.1 Å². The average molecular weight is 324 g/mol. The molecule has 6 heteroatoms. The van der Waals surface area contributed by atoms with Crippen LogP contribution in [0.25, 0.3) is 11.3 Å². The fraction of sp³-hybridized carbons (Fsp3) is 0.353. The Hall–Kier alpha value is -1.92. The molecule has 2 N–H and O–H groups in total. The predicted molar refractivity (Wildman–Crippen MR) is 82.1 cm³/mol. The smallest absolute Gasteiger partial charge is 0.146 e. The number of nitrogens with zero attached hydrogens (tertiary/aromatic N) is 1. The maximum atomic E-state index is 13.9. The van der Waals surface area contributed by atoms with Crippen LogP contribution in [0.3, 0.4) is 0 Å². The Morgan fingerprint density at radius 3 is 2.43 bits per heavy atom. The number of aliphatic hydroxyl groups excluding tert-OH is 1. The largest absolute Gasteiger partial charge is 0.395 e. The van der Waals surface area contributed by atoms with E-state index in [9.17, 15) is 18.3 Å². The molecule has 2 aromatic rings. The molecule has 1 aromatic heterocycles. The van der Waals surface area contributed by atoms with Crippen molar-refractivity contribution < 1.29 is 18.3 Å². The van der Waals surface area contributed by atoms with Crippen LogP contribution in [-0.4, -0.2) is 22.7 Å². The minimum atomic E-state index is -0.625. The van der Waals surface area contributed by atoms with Crippen molar-refractivity contribution >= 4 is 0 Å². The van der Waals surface area contributed by atoms with Gasteiger partial charge in [0.1, 0.15) is 17.5 Å². The predicted octanol–water partition coefficient (Wildman–Crippen LogP) is 3.27. The highest BCUT2D eigenvalue weighted by atomic mass is 19.1. The number of nitrogens with one attached hydrogen (secondary N) is 1. The third-order valence-corrected chi connectivity index (χ3v) is 3.66. The van der Waals surface area contributed by atoms with Gasteiger partial charge in [-0.05, 0) is 36.2 Å². The van der Waals surface area contributed by atoms with Crippen molar-refractivity contribution in [2.45, 2.75) is 26.4 Å². The number of hydrogen-bond donors (Lipinski definition) is 2. The molecule has 124 valence electrons. The first-order valence-corrected chi connectivity index (χ1v) is 7.37. The average Bonchev–Trinajstić information content (AvgIpc) is 2.51. The molecule has 1 atom stereocenters. The summed E-state index contributed by atoms with van der Waals surface area (Å²) in [6.45, 7) is 3.85. The van der Waals surface area contributed by atoms with Gasteiger partial charge in [-0.1, -0.05) is 13.8 Å². The van der Waals surface area contributed by atoms with Gasteiger partial charge in [-0.2, -0.15) is 0 Å². The Kier molecular flexibility index (Phi) is 5.74. The number of halogens is 3. The molecular formula is C17H19F3N2O. The van der Waals surface area contributed by atoms with E-state index in [0.29, 0.717) is 0 Å². The third-order valence-electron chi connectivity index (χ3n) is 3.66. The molecule has 0 aliphatic rings. The summed E-state index contributed by atoms with van der Waals surface area (Å²) in [6.07, 6.45) is 0. The van der Waals surface area contributed by atoms with Crippen LogP contribution < -0.4 is 5.32 Å². The van der Waals surface area contributed by atoms with Gasteiger partial charge in [0.05, 0.1) is 18.0 Å². The van der Waals surface area contributed by atoms with E-state index in [1.54, 1.807) is 0 Å². The van der Waals surface area contributed by atoms with Crippen molar-refractivity contribution in [2.75, 3.05) is 6.61 Å². The van der Waals surface area contributed by atoms with Crippen LogP contribution in [0.5, 0.6) is 0 Å². The van der Waals surface area contributed by atoms with Crippen molar-refractivity contribution in [3.05, 3.63) is 53.5 Å². The summed E-state index contributed by atoms with van der Waals surface area (Å²) in [6, 6.07) is 5.33. The topological polar surface area (TPSA) is 45.1 Å². The van der Waals surface area contributed by atoms with Crippen molar-refractivity contribution in [1.29, 1.82) is 0 Å². The van der Waals surface area contributed by atoms with Crippen molar-refractivity contribution in [1.82, 2.24) is 10.3 Å². The third kappa shape index (κ3) is 4.30. The molecule has 23 heavy (non-hydrogen) atoms. The minimum Gasteiger partial charge on any atom is -0.395 e. The lowest BCUT2D eigenvalue weighted by molar-refractivity contribution is 0.209. The normalized spacial score (nSPS) is 12.7. The van der Waals surface area contributed by atoms with E-state index in [1.807, 2.05) is 13.8 Å². The van der Waals surface area contributed by atoms with Gasteiger partial charge in [0.15, 0.2) is 0 Å². The fourth-order valence-electron chi connectivity index (χ4n) is 2.19. The van der Waals surface area contributed by atoms with Crippen LogP contribution in [0.1, 0.15) is 19.5 Å². The highest BCUT2D eigenvalue weighted by molar-refractivity contribution is 5.60. The van der Waals surface area contributed by atoms with Gasteiger partial charge in [0.2, 0.25) is 0 Å². The first kappa shape index (κ1) is 17.4. The minimum absolute atomic E-state index is 0.0196. The number of aliphatic hydroxyl groups is 1. The second-order valence-electron chi connectivity index (χ2n) is 5.66. The summed E-state index contributed by atoms with van der Waals surface area (Å²) in [5.74, 6) is -1.60. The van der Waals surface area contributed by atoms with Gasteiger partial charge in [0, 0.05) is 18.2 Å². The molecule has 0 spiro atoms. The zero-order valence-corrected chi connectivity index (χ0v) is 13.0. The summed E-state index contributed by atoms with van der Waals surface area (Å²) >= 11 is 0. The summed E-state index contributed by atoms with van der Waals surface area (Å²) in [5.41, 5.74) is 0.226. The Morgan fingerprint density at radius 2 is 1.78 bits per heavy atom. The first-order valence-electron chi connectivity index (χ1n) is 7.37.